The Hall–Kier alpha value is -3.56. The van der Waals surface area contributed by atoms with Crippen molar-refractivity contribution in [2.75, 3.05) is 17.2 Å². The van der Waals surface area contributed by atoms with Crippen LogP contribution in [0, 0.1) is 0 Å². The number of carbonyl (C=O) groups is 3. The van der Waals surface area contributed by atoms with Crippen molar-refractivity contribution < 1.29 is 28.6 Å². The van der Waals surface area contributed by atoms with Crippen LogP contribution >= 0.6 is 11.8 Å². The Kier molecular flexibility index (Phi) is 6.12. The Morgan fingerprint density at radius 2 is 1.71 bits per heavy atom. The van der Waals surface area contributed by atoms with Gasteiger partial charge in [0.1, 0.15) is 11.4 Å². The lowest BCUT2D eigenvalue weighted by Crippen LogP contribution is -2.75. The van der Waals surface area contributed by atoms with E-state index in [1.54, 1.807) is 12.1 Å². The first-order valence-electron chi connectivity index (χ1n) is 11.2. The van der Waals surface area contributed by atoms with Gasteiger partial charge in [-0.2, -0.15) is 0 Å². The van der Waals surface area contributed by atoms with Gasteiger partial charge in [-0.25, -0.2) is 4.79 Å². The zero-order valence-corrected chi connectivity index (χ0v) is 19.8. The molecule has 3 atom stereocenters. The quantitative estimate of drug-likeness (QED) is 0.417. The van der Waals surface area contributed by atoms with Crippen LogP contribution in [0.5, 0.6) is 0 Å². The molecule has 2 fully saturated rings. The molecule has 8 nitrogen and oxygen atoms in total. The SMILES string of the molecule is CC(=O)N(c1ccco1)C1C(=O)N2CC(O)(C(=O)OC(c3ccccc3)c3ccccc3)CS[C@H]12. The number of thioether (sulfide) groups is 1. The molecule has 0 bridgehead atoms. The van der Waals surface area contributed by atoms with E-state index < -0.39 is 29.1 Å². The van der Waals surface area contributed by atoms with Gasteiger partial charge >= 0.3 is 5.97 Å². The van der Waals surface area contributed by atoms with Crippen molar-refractivity contribution in [2.45, 2.75) is 30.0 Å². The number of esters is 1. The number of fused-ring (bicyclic) bond motifs is 1. The minimum Gasteiger partial charge on any atom is -0.450 e. The maximum atomic E-state index is 13.3. The largest absolute Gasteiger partial charge is 0.450 e. The number of hydrogen-bond acceptors (Lipinski definition) is 7. The normalized spacial score (nSPS) is 23.4. The highest BCUT2D eigenvalue weighted by molar-refractivity contribution is 8.00. The second kappa shape index (κ2) is 9.24. The molecule has 0 saturated carbocycles. The average Bonchev–Trinajstić information content (AvgIpc) is 3.41. The fourth-order valence-electron chi connectivity index (χ4n) is 4.46. The molecule has 5 rings (SSSR count). The van der Waals surface area contributed by atoms with Crippen molar-refractivity contribution in [1.82, 2.24) is 4.90 Å². The highest BCUT2D eigenvalue weighted by atomic mass is 32.2. The van der Waals surface area contributed by atoms with Crippen molar-refractivity contribution in [3.05, 3.63) is 90.2 Å². The second-order valence-electron chi connectivity index (χ2n) is 8.59. The summed E-state index contributed by atoms with van der Waals surface area (Å²) in [6.45, 7) is 1.16. The fraction of sp³-hybridized carbons (Fsp3) is 0.269. The molecule has 0 spiro atoms. The predicted octanol–water partition coefficient (Wildman–Crippen LogP) is 2.98. The molecule has 2 aliphatic rings. The van der Waals surface area contributed by atoms with Crippen LogP contribution in [0.1, 0.15) is 24.2 Å². The topological polar surface area (TPSA) is 100 Å². The summed E-state index contributed by atoms with van der Waals surface area (Å²) in [4.78, 5) is 41.3. The number of aliphatic hydroxyl groups is 1. The van der Waals surface area contributed by atoms with E-state index >= 15 is 0 Å². The standard InChI is InChI=1S/C26H24N2O6S/c1-17(29)28(20-13-8-14-33-20)21-23(30)27-15-26(32,16-35-24(21)27)25(31)34-22(18-9-4-2-5-10-18)19-11-6-3-7-12-19/h2-14,21-22,24,32H,15-16H2,1H3/t21?,24-,26?/m1/s1. The van der Waals surface area contributed by atoms with Gasteiger partial charge < -0.3 is 19.2 Å². The molecule has 2 aliphatic heterocycles. The van der Waals surface area contributed by atoms with Gasteiger partial charge in [0.2, 0.25) is 17.7 Å². The first kappa shape index (κ1) is 23.2. The summed E-state index contributed by atoms with van der Waals surface area (Å²) in [5, 5.41) is 10.9. The minimum atomic E-state index is -1.88. The zero-order chi connectivity index (χ0) is 24.6. The van der Waals surface area contributed by atoms with Crippen molar-refractivity contribution in [2.24, 2.45) is 0 Å². The van der Waals surface area contributed by atoms with Crippen LogP contribution in [0.15, 0.2) is 83.5 Å². The van der Waals surface area contributed by atoms with Crippen LogP contribution in [0.25, 0.3) is 0 Å². The van der Waals surface area contributed by atoms with Crippen LogP contribution in [-0.4, -0.2) is 57.1 Å². The maximum absolute atomic E-state index is 13.3. The van der Waals surface area contributed by atoms with Gasteiger partial charge in [-0.3, -0.25) is 14.5 Å². The summed E-state index contributed by atoms with van der Waals surface area (Å²) < 4.78 is 11.2. The van der Waals surface area contributed by atoms with Crippen molar-refractivity contribution in [3.8, 4) is 0 Å². The van der Waals surface area contributed by atoms with E-state index in [-0.39, 0.29) is 30.0 Å². The first-order valence-corrected chi connectivity index (χ1v) is 12.2. The Bertz CT molecular complexity index is 1180. The highest BCUT2D eigenvalue weighted by Crippen LogP contribution is 2.43. The summed E-state index contributed by atoms with van der Waals surface area (Å²) in [7, 11) is 0. The molecule has 3 heterocycles. The van der Waals surface area contributed by atoms with Gasteiger partial charge in [0.05, 0.1) is 12.8 Å². The lowest BCUT2D eigenvalue weighted by atomic mass is 9.97. The van der Waals surface area contributed by atoms with Crippen LogP contribution < -0.4 is 4.90 Å². The molecule has 2 saturated heterocycles. The smallest absolute Gasteiger partial charge is 0.341 e. The molecule has 35 heavy (non-hydrogen) atoms. The molecule has 1 aromatic heterocycles. The average molecular weight is 493 g/mol. The van der Waals surface area contributed by atoms with E-state index in [1.807, 2.05) is 60.7 Å². The molecule has 2 unspecified atom stereocenters. The summed E-state index contributed by atoms with van der Waals surface area (Å²) in [6, 6.07) is 21.1. The Labute approximate surface area is 206 Å². The number of benzene rings is 2. The van der Waals surface area contributed by atoms with E-state index in [1.165, 1.54) is 34.7 Å². The van der Waals surface area contributed by atoms with Gasteiger partial charge in [-0.15, -0.1) is 11.8 Å². The number of anilines is 1. The summed E-state index contributed by atoms with van der Waals surface area (Å²) in [6.07, 6.45) is 0.730. The molecule has 2 aromatic carbocycles. The summed E-state index contributed by atoms with van der Waals surface area (Å²) >= 11 is 1.24. The zero-order valence-electron chi connectivity index (χ0n) is 18.9. The van der Waals surface area contributed by atoms with Crippen LogP contribution in [0.2, 0.25) is 0 Å². The van der Waals surface area contributed by atoms with Crippen LogP contribution in [-0.2, 0) is 19.1 Å². The minimum absolute atomic E-state index is 0.0248. The van der Waals surface area contributed by atoms with Gasteiger partial charge in [-0.05, 0) is 17.2 Å². The van der Waals surface area contributed by atoms with Gasteiger partial charge in [-0.1, -0.05) is 60.7 Å². The third-order valence-corrected chi connectivity index (χ3v) is 7.71. The predicted molar refractivity (Wildman–Crippen MR) is 129 cm³/mol. The number of nitrogens with zero attached hydrogens (tertiary/aromatic N) is 2. The number of rotatable bonds is 6. The number of ether oxygens (including phenoxy) is 1. The second-order valence-corrected chi connectivity index (χ2v) is 9.70. The summed E-state index contributed by atoms with van der Waals surface area (Å²) in [5.74, 6) is -1.18. The third kappa shape index (κ3) is 4.21. The number of hydrogen-bond donors (Lipinski definition) is 1. The maximum Gasteiger partial charge on any atom is 0.341 e. The molecule has 0 radical (unpaired) electrons. The van der Waals surface area contributed by atoms with E-state index in [0.717, 1.165) is 11.1 Å². The van der Waals surface area contributed by atoms with E-state index in [4.69, 9.17) is 9.15 Å². The van der Waals surface area contributed by atoms with E-state index in [9.17, 15) is 19.5 Å². The molecular formula is C26H24N2O6S. The third-order valence-electron chi connectivity index (χ3n) is 6.21. The summed E-state index contributed by atoms with van der Waals surface area (Å²) in [5.41, 5.74) is -0.338. The van der Waals surface area contributed by atoms with Crippen LogP contribution in [0.4, 0.5) is 5.88 Å². The molecular weight excluding hydrogens is 468 g/mol. The number of carbonyl (C=O) groups excluding carboxylic acids is 3. The lowest BCUT2D eigenvalue weighted by molar-refractivity contribution is -0.174. The Morgan fingerprint density at radius 3 is 2.26 bits per heavy atom. The molecule has 2 amide bonds. The van der Waals surface area contributed by atoms with E-state index in [0.29, 0.717) is 0 Å². The highest BCUT2D eigenvalue weighted by Gasteiger charge is 2.60. The molecule has 9 heteroatoms. The number of furan rings is 1. The van der Waals surface area contributed by atoms with Crippen molar-refractivity contribution in [1.29, 1.82) is 0 Å². The molecule has 0 aliphatic carbocycles. The van der Waals surface area contributed by atoms with Gasteiger partial charge in [0.25, 0.3) is 0 Å². The fourth-order valence-corrected chi connectivity index (χ4v) is 5.90. The van der Waals surface area contributed by atoms with Crippen molar-refractivity contribution in [3.63, 3.8) is 0 Å². The van der Waals surface area contributed by atoms with E-state index in [2.05, 4.69) is 0 Å². The van der Waals surface area contributed by atoms with Crippen LogP contribution in [0.3, 0.4) is 0 Å². The van der Waals surface area contributed by atoms with Gasteiger partial charge in [0.15, 0.2) is 11.7 Å². The lowest BCUT2D eigenvalue weighted by Gasteiger charge is -2.54. The number of β-lactam (4-membered cyclic amide) rings is 1. The number of amides is 2. The molecule has 3 aromatic rings. The van der Waals surface area contributed by atoms with Gasteiger partial charge in [0, 0.05) is 18.7 Å². The Morgan fingerprint density at radius 1 is 1.09 bits per heavy atom. The monoisotopic (exact) mass is 492 g/mol. The first-order chi connectivity index (χ1) is 16.9. The molecule has 1 N–H and O–H groups in total. The van der Waals surface area contributed by atoms with Crippen molar-refractivity contribution >= 4 is 35.4 Å². The Balaban J connectivity index is 1.33. The molecule has 180 valence electrons.